The summed E-state index contributed by atoms with van der Waals surface area (Å²) in [6.45, 7) is 0.904. The Morgan fingerprint density at radius 2 is 2.04 bits per heavy atom. The molecule has 0 saturated carbocycles. The molecule has 3 rings (SSSR count). The highest BCUT2D eigenvalue weighted by Gasteiger charge is 2.08. The van der Waals surface area contributed by atoms with E-state index >= 15 is 0 Å². The molecule has 0 saturated heterocycles. The smallest absolute Gasteiger partial charge is 0.226 e. The minimum atomic E-state index is -0.0605. The van der Waals surface area contributed by atoms with Gasteiger partial charge in [0.2, 0.25) is 5.91 Å². The molecule has 0 aliphatic rings. The molecule has 0 atom stereocenters. The summed E-state index contributed by atoms with van der Waals surface area (Å²) in [4.78, 5) is 20.5. The molecule has 24 heavy (non-hydrogen) atoms. The fourth-order valence-corrected chi connectivity index (χ4v) is 2.92. The number of carbonyl (C=O) groups is 1. The van der Waals surface area contributed by atoms with E-state index in [-0.39, 0.29) is 12.3 Å². The predicted octanol–water partition coefficient (Wildman–Crippen LogP) is 2.94. The predicted molar refractivity (Wildman–Crippen MR) is 94.0 cm³/mol. The van der Waals surface area contributed by atoms with Crippen LogP contribution in [0.5, 0.6) is 5.75 Å². The van der Waals surface area contributed by atoms with Crippen molar-refractivity contribution in [3.8, 4) is 16.3 Å². The topological polar surface area (TPSA) is 64.1 Å². The van der Waals surface area contributed by atoms with Gasteiger partial charge >= 0.3 is 0 Å². The lowest BCUT2D eigenvalue weighted by Crippen LogP contribution is -2.29. The van der Waals surface area contributed by atoms with E-state index in [9.17, 15) is 4.79 Å². The number of hydrogen-bond donors (Lipinski definition) is 1. The maximum absolute atomic E-state index is 12.0. The number of pyridine rings is 1. The first-order valence-electron chi connectivity index (χ1n) is 7.60. The van der Waals surface area contributed by atoms with Crippen molar-refractivity contribution in [2.24, 2.45) is 0 Å². The van der Waals surface area contributed by atoms with Crippen LogP contribution in [-0.4, -0.2) is 29.0 Å². The molecule has 0 spiro atoms. The van der Waals surface area contributed by atoms with E-state index in [0.29, 0.717) is 13.2 Å². The van der Waals surface area contributed by atoms with Gasteiger partial charge in [-0.1, -0.05) is 18.2 Å². The van der Waals surface area contributed by atoms with Crippen LogP contribution < -0.4 is 10.1 Å². The van der Waals surface area contributed by atoms with Crippen molar-refractivity contribution in [3.05, 3.63) is 65.9 Å². The van der Waals surface area contributed by atoms with Crippen LogP contribution in [0.2, 0.25) is 0 Å². The van der Waals surface area contributed by atoms with Gasteiger partial charge in [0.1, 0.15) is 17.4 Å². The maximum Gasteiger partial charge on any atom is 0.226 e. The zero-order valence-electron chi connectivity index (χ0n) is 13.0. The molecule has 1 amide bonds. The molecule has 0 unspecified atom stereocenters. The van der Waals surface area contributed by atoms with Crippen LogP contribution in [0.15, 0.2) is 60.2 Å². The number of carbonyl (C=O) groups excluding carboxylic acids is 1. The van der Waals surface area contributed by atoms with E-state index < -0.39 is 0 Å². The van der Waals surface area contributed by atoms with Crippen LogP contribution in [0, 0.1) is 0 Å². The minimum absolute atomic E-state index is 0.0605. The fourth-order valence-electron chi connectivity index (χ4n) is 2.11. The van der Waals surface area contributed by atoms with Gasteiger partial charge in [0.15, 0.2) is 0 Å². The van der Waals surface area contributed by atoms with E-state index in [2.05, 4.69) is 15.3 Å². The fraction of sp³-hybridized carbons (Fsp3) is 0.167. The van der Waals surface area contributed by atoms with Crippen LogP contribution in [0.25, 0.3) is 10.6 Å². The summed E-state index contributed by atoms with van der Waals surface area (Å²) in [7, 11) is 0. The Labute approximate surface area is 144 Å². The molecule has 6 heteroatoms. The third kappa shape index (κ3) is 4.63. The van der Waals surface area contributed by atoms with Crippen LogP contribution in [-0.2, 0) is 11.2 Å². The van der Waals surface area contributed by atoms with E-state index in [4.69, 9.17) is 4.74 Å². The average Bonchev–Trinajstić information content (AvgIpc) is 3.09. The first-order valence-corrected chi connectivity index (χ1v) is 8.48. The van der Waals surface area contributed by atoms with Crippen LogP contribution >= 0.6 is 11.3 Å². The number of hydrogen-bond acceptors (Lipinski definition) is 5. The Morgan fingerprint density at radius 3 is 2.83 bits per heavy atom. The van der Waals surface area contributed by atoms with Gasteiger partial charge in [0, 0.05) is 23.3 Å². The second-order valence-corrected chi connectivity index (χ2v) is 5.93. The monoisotopic (exact) mass is 339 g/mol. The summed E-state index contributed by atoms with van der Waals surface area (Å²) in [5, 5.41) is 5.62. The van der Waals surface area contributed by atoms with Crippen molar-refractivity contribution >= 4 is 17.2 Å². The third-order valence-electron chi connectivity index (χ3n) is 3.24. The highest BCUT2D eigenvalue weighted by molar-refractivity contribution is 7.13. The molecule has 122 valence electrons. The molecule has 0 aliphatic heterocycles. The second-order valence-electron chi connectivity index (χ2n) is 5.07. The van der Waals surface area contributed by atoms with Crippen LogP contribution in [0.1, 0.15) is 5.69 Å². The number of rotatable bonds is 7. The first kappa shape index (κ1) is 16.1. The number of ether oxygens (including phenoxy) is 1. The van der Waals surface area contributed by atoms with E-state index in [1.807, 2.05) is 47.8 Å². The number of para-hydroxylation sites is 1. The molecule has 1 aromatic carbocycles. The molecule has 1 N–H and O–H groups in total. The normalized spacial score (nSPS) is 10.3. The molecule has 2 heterocycles. The Hall–Kier alpha value is -2.73. The summed E-state index contributed by atoms with van der Waals surface area (Å²) < 4.78 is 5.53. The quantitative estimate of drug-likeness (QED) is 0.672. The largest absolute Gasteiger partial charge is 0.492 e. The maximum atomic E-state index is 12.0. The molecule has 2 aromatic heterocycles. The molecule has 0 fully saturated rings. The number of nitrogens with one attached hydrogen (secondary N) is 1. The molecule has 3 aromatic rings. The first-order chi connectivity index (χ1) is 11.8. The van der Waals surface area contributed by atoms with Gasteiger partial charge in [0.05, 0.1) is 18.7 Å². The van der Waals surface area contributed by atoms with Crippen molar-refractivity contribution in [2.45, 2.75) is 6.42 Å². The zero-order chi connectivity index (χ0) is 16.6. The summed E-state index contributed by atoms with van der Waals surface area (Å²) in [6, 6.07) is 13.4. The minimum Gasteiger partial charge on any atom is -0.492 e. The SMILES string of the molecule is O=C(Cc1csc(-c2cccnc2)n1)NCCOc1ccccc1. The van der Waals surface area contributed by atoms with Gasteiger partial charge in [-0.2, -0.15) is 0 Å². The lowest BCUT2D eigenvalue weighted by Gasteiger charge is -2.07. The summed E-state index contributed by atoms with van der Waals surface area (Å²) in [6.07, 6.45) is 3.76. The third-order valence-corrected chi connectivity index (χ3v) is 4.18. The van der Waals surface area contributed by atoms with Gasteiger partial charge < -0.3 is 10.1 Å². The lowest BCUT2D eigenvalue weighted by atomic mass is 10.3. The van der Waals surface area contributed by atoms with Gasteiger partial charge in [0.25, 0.3) is 0 Å². The highest BCUT2D eigenvalue weighted by Crippen LogP contribution is 2.22. The molecule has 0 aliphatic carbocycles. The number of nitrogens with zero attached hydrogens (tertiary/aromatic N) is 2. The van der Waals surface area contributed by atoms with Crippen molar-refractivity contribution in [1.29, 1.82) is 0 Å². The van der Waals surface area contributed by atoms with Gasteiger partial charge in [-0.3, -0.25) is 9.78 Å². The van der Waals surface area contributed by atoms with Crippen molar-refractivity contribution < 1.29 is 9.53 Å². The van der Waals surface area contributed by atoms with Crippen molar-refractivity contribution in [1.82, 2.24) is 15.3 Å². The molecule has 5 nitrogen and oxygen atoms in total. The van der Waals surface area contributed by atoms with E-state index in [0.717, 1.165) is 22.0 Å². The molecular formula is C18H17N3O2S. The summed E-state index contributed by atoms with van der Waals surface area (Å²) >= 11 is 1.51. The number of aromatic nitrogens is 2. The van der Waals surface area contributed by atoms with Gasteiger partial charge in [-0.05, 0) is 24.3 Å². The van der Waals surface area contributed by atoms with Crippen molar-refractivity contribution in [2.75, 3.05) is 13.2 Å². The summed E-state index contributed by atoms with van der Waals surface area (Å²) in [5.74, 6) is 0.738. The van der Waals surface area contributed by atoms with Crippen LogP contribution in [0.3, 0.4) is 0 Å². The van der Waals surface area contributed by atoms with Crippen molar-refractivity contribution in [3.63, 3.8) is 0 Å². The number of thiazole rings is 1. The molecule has 0 radical (unpaired) electrons. The van der Waals surface area contributed by atoms with E-state index in [1.165, 1.54) is 11.3 Å². The Kier molecular flexibility index (Phi) is 5.52. The van der Waals surface area contributed by atoms with Gasteiger partial charge in [-0.25, -0.2) is 4.98 Å². The molecular weight excluding hydrogens is 322 g/mol. The zero-order valence-corrected chi connectivity index (χ0v) is 13.8. The Balaban J connectivity index is 1.43. The number of amides is 1. The number of benzene rings is 1. The van der Waals surface area contributed by atoms with Gasteiger partial charge in [-0.15, -0.1) is 11.3 Å². The summed E-state index contributed by atoms with van der Waals surface area (Å²) in [5.41, 5.74) is 1.73. The van der Waals surface area contributed by atoms with Crippen LogP contribution in [0.4, 0.5) is 0 Å². The average molecular weight is 339 g/mol. The van der Waals surface area contributed by atoms with E-state index in [1.54, 1.807) is 12.4 Å². The Bertz CT molecular complexity index is 775. The Morgan fingerprint density at radius 1 is 1.17 bits per heavy atom. The molecule has 0 bridgehead atoms. The standard InChI is InChI=1S/C18H17N3O2S/c22-17(20-9-10-23-16-6-2-1-3-7-16)11-15-13-24-18(21-15)14-5-4-8-19-12-14/h1-8,12-13H,9-11H2,(H,20,22). The highest BCUT2D eigenvalue weighted by atomic mass is 32.1. The second kappa shape index (κ2) is 8.21. The lowest BCUT2D eigenvalue weighted by molar-refractivity contribution is -0.120.